The zero-order valence-electron chi connectivity index (χ0n) is 19.1. The molecule has 1 spiro atoms. The Morgan fingerprint density at radius 2 is 1.69 bits per heavy atom. The molecule has 1 aliphatic carbocycles. The Bertz CT molecular complexity index is 729. The molecular weight excluding hydrogens is 418 g/mol. The Morgan fingerprint density at radius 1 is 0.969 bits per heavy atom. The Hall–Kier alpha value is -1.64. The van der Waals surface area contributed by atoms with Crippen LogP contribution in [0.1, 0.15) is 51.9 Å². The van der Waals surface area contributed by atoms with E-state index in [1.165, 1.54) is 4.90 Å². The Kier molecular flexibility index (Phi) is 5.75. The SMILES string of the molecule is CCOC(=O)N1CCC2(CC(N3CCC([C@@H]4CCCN4C(=O)N4CC(F)(F)C4)CC3)C2)C1. The second kappa shape index (κ2) is 8.29. The number of halogens is 2. The van der Waals surface area contributed by atoms with Crippen molar-refractivity contribution in [3.8, 4) is 0 Å². The molecule has 5 aliphatic rings. The molecule has 0 unspecified atom stereocenters. The van der Waals surface area contributed by atoms with Crippen LogP contribution in [-0.2, 0) is 4.74 Å². The molecule has 0 aromatic carbocycles. The van der Waals surface area contributed by atoms with Gasteiger partial charge in [-0.2, -0.15) is 0 Å². The van der Waals surface area contributed by atoms with E-state index < -0.39 is 19.0 Å². The number of likely N-dealkylation sites (tertiary alicyclic amines) is 4. The Labute approximate surface area is 189 Å². The van der Waals surface area contributed by atoms with Gasteiger partial charge < -0.3 is 24.3 Å². The number of carbonyl (C=O) groups excluding carboxylic acids is 2. The number of nitrogens with zero attached hydrogens (tertiary/aromatic N) is 4. The summed E-state index contributed by atoms with van der Waals surface area (Å²) in [6, 6.07) is 0.622. The third kappa shape index (κ3) is 4.05. The van der Waals surface area contributed by atoms with E-state index in [4.69, 9.17) is 4.74 Å². The molecule has 1 atom stereocenters. The predicted molar refractivity (Wildman–Crippen MR) is 115 cm³/mol. The van der Waals surface area contributed by atoms with Crippen LogP contribution in [0.25, 0.3) is 0 Å². The number of amides is 3. The molecule has 32 heavy (non-hydrogen) atoms. The number of hydrogen-bond donors (Lipinski definition) is 0. The van der Waals surface area contributed by atoms with Crippen LogP contribution in [0.4, 0.5) is 18.4 Å². The summed E-state index contributed by atoms with van der Waals surface area (Å²) in [7, 11) is 0. The maximum absolute atomic E-state index is 13.2. The van der Waals surface area contributed by atoms with Gasteiger partial charge in [-0.05, 0) is 76.3 Å². The number of rotatable bonds is 3. The van der Waals surface area contributed by atoms with Crippen molar-refractivity contribution < 1.29 is 23.1 Å². The van der Waals surface area contributed by atoms with E-state index in [0.29, 0.717) is 25.1 Å². The summed E-state index contributed by atoms with van der Waals surface area (Å²) in [5, 5.41) is 0. The van der Waals surface area contributed by atoms with Crippen molar-refractivity contribution in [2.75, 3.05) is 52.4 Å². The van der Waals surface area contributed by atoms with E-state index >= 15 is 0 Å². The molecule has 4 heterocycles. The van der Waals surface area contributed by atoms with Gasteiger partial charge in [-0.1, -0.05) is 0 Å². The molecule has 5 rings (SSSR count). The molecule has 0 N–H and O–H groups in total. The molecule has 1 saturated carbocycles. The highest BCUT2D eigenvalue weighted by molar-refractivity contribution is 5.76. The van der Waals surface area contributed by atoms with Gasteiger partial charge in [0.05, 0.1) is 19.7 Å². The number of urea groups is 1. The van der Waals surface area contributed by atoms with E-state index in [-0.39, 0.29) is 23.6 Å². The lowest BCUT2D eigenvalue weighted by atomic mass is 9.64. The fraction of sp³-hybridized carbons (Fsp3) is 0.913. The topological polar surface area (TPSA) is 56.3 Å². The quantitative estimate of drug-likeness (QED) is 0.657. The van der Waals surface area contributed by atoms with Crippen LogP contribution in [0.3, 0.4) is 0 Å². The molecule has 3 amide bonds. The summed E-state index contributed by atoms with van der Waals surface area (Å²) in [4.78, 5) is 32.4. The Balaban J connectivity index is 1.08. The molecule has 4 aliphatic heterocycles. The van der Waals surface area contributed by atoms with Crippen LogP contribution in [-0.4, -0.2) is 102 Å². The van der Waals surface area contributed by atoms with Crippen LogP contribution < -0.4 is 0 Å². The summed E-state index contributed by atoms with van der Waals surface area (Å²) >= 11 is 0. The van der Waals surface area contributed by atoms with Gasteiger partial charge in [0.1, 0.15) is 0 Å². The van der Waals surface area contributed by atoms with E-state index in [0.717, 1.165) is 71.1 Å². The molecule has 0 aromatic rings. The van der Waals surface area contributed by atoms with Crippen molar-refractivity contribution in [2.24, 2.45) is 11.3 Å². The number of piperidine rings is 1. The van der Waals surface area contributed by atoms with E-state index in [1.807, 2.05) is 16.7 Å². The minimum Gasteiger partial charge on any atom is -0.450 e. The minimum absolute atomic E-state index is 0.175. The van der Waals surface area contributed by atoms with Gasteiger partial charge in [0.15, 0.2) is 0 Å². The lowest BCUT2D eigenvalue weighted by Gasteiger charge is -2.52. The predicted octanol–water partition coefficient (Wildman–Crippen LogP) is 3.24. The highest BCUT2D eigenvalue weighted by Crippen LogP contribution is 2.51. The average Bonchev–Trinajstić information content (AvgIpc) is 3.38. The van der Waals surface area contributed by atoms with Crippen LogP contribution in [0.5, 0.6) is 0 Å². The van der Waals surface area contributed by atoms with Gasteiger partial charge in [-0.3, -0.25) is 0 Å². The first-order valence-electron chi connectivity index (χ1n) is 12.4. The lowest BCUT2D eigenvalue weighted by Crippen LogP contribution is -2.62. The van der Waals surface area contributed by atoms with Gasteiger partial charge in [0, 0.05) is 31.7 Å². The molecule has 4 saturated heterocycles. The lowest BCUT2D eigenvalue weighted by molar-refractivity contribution is -0.115. The van der Waals surface area contributed by atoms with Crippen LogP contribution >= 0.6 is 0 Å². The summed E-state index contributed by atoms with van der Waals surface area (Å²) in [5.74, 6) is -2.23. The first-order chi connectivity index (χ1) is 15.3. The minimum atomic E-state index is -2.71. The molecular formula is C23H36F2N4O3. The van der Waals surface area contributed by atoms with Gasteiger partial charge in [-0.25, -0.2) is 18.4 Å². The summed E-state index contributed by atoms with van der Waals surface area (Å²) in [6.07, 6.45) is 7.33. The number of alkyl halides is 2. The van der Waals surface area contributed by atoms with Crippen molar-refractivity contribution in [1.29, 1.82) is 0 Å². The van der Waals surface area contributed by atoms with Gasteiger partial charge in [-0.15, -0.1) is 0 Å². The molecule has 0 radical (unpaired) electrons. The van der Waals surface area contributed by atoms with Crippen LogP contribution in [0, 0.1) is 11.3 Å². The monoisotopic (exact) mass is 454 g/mol. The fourth-order valence-electron chi connectivity index (χ4n) is 6.86. The standard InChI is InChI=1S/C23H36F2N4O3/c1-2-32-21(31)27-11-7-22(14-27)12-18(13-22)26-9-5-17(6-10-26)19-4-3-8-29(19)20(30)28-15-23(24,25)16-28/h17-19H,2-16H2,1H3/t18?,19-,22?/m0/s1. The highest BCUT2D eigenvalue weighted by Gasteiger charge is 2.52. The smallest absolute Gasteiger partial charge is 0.409 e. The molecule has 9 heteroatoms. The molecule has 0 aromatic heterocycles. The van der Waals surface area contributed by atoms with Crippen molar-refractivity contribution in [1.82, 2.24) is 19.6 Å². The summed E-state index contributed by atoms with van der Waals surface area (Å²) < 4.78 is 31.6. The normalized spacial score (nSPS) is 35.2. The fourth-order valence-corrected chi connectivity index (χ4v) is 6.86. The van der Waals surface area contributed by atoms with Crippen molar-refractivity contribution in [2.45, 2.75) is 69.9 Å². The van der Waals surface area contributed by atoms with Gasteiger partial charge in [0.25, 0.3) is 5.92 Å². The molecule has 180 valence electrons. The molecule has 0 bridgehead atoms. The van der Waals surface area contributed by atoms with E-state index in [2.05, 4.69) is 4.90 Å². The molecule has 7 nitrogen and oxygen atoms in total. The van der Waals surface area contributed by atoms with Crippen molar-refractivity contribution in [3.05, 3.63) is 0 Å². The summed E-state index contributed by atoms with van der Waals surface area (Å²) in [6.45, 7) is 5.85. The van der Waals surface area contributed by atoms with Crippen molar-refractivity contribution >= 4 is 12.1 Å². The van der Waals surface area contributed by atoms with Crippen molar-refractivity contribution in [3.63, 3.8) is 0 Å². The van der Waals surface area contributed by atoms with Crippen LogP contribution in [0.2, 0.25) is 0 Å². The zero-order chi connectivity index (χ0) is 22.5. The number of ether oxygens (including phenoxy) is 1. The summed E-state index contributed by atoms with van der Waals surface area (Å²) in [5.41, 5.74) is 0.280. The van der Waals surface area contributed by atoms with E-state index in [1.54, 1.807) is 0 Å². The van der Waals surface area contributed by atoms with E-state index in [9.17, 15) is 18.4 Å². The second-order valence-corrected chi connectivity index (χ2v) is 10.7. The first-order valence-corrected chi connectivity index (χ1v) is 12.4. The Morgan fingerprint density at radius 3 is 2.34 bits per heavy atom. The number of carbonyl (C=O) groups is 2. The largest absolute Gasteiger partial charge is 0.450 e. The van der Waals surface area contributed by atoms with Crippen LogP contribution in [0.15, 0.2) is 0 Å². The number of hydrogen-bond acceptors (Lipinski definition) is 4. The maximum Gasteiger partial charge on any atom is 0.409 e. The highest BCUT2D eigenvalue weighted by atomic mass is 19.3. The van der Waals surface area contributed by atoms with Gasteiger partial charge in [0.2, 0.25) is 0 Å². The molecule has 5 fully saturated rings. The second-order valence-electron chi connectivity index (χ2n) is 10.7. The third-order valence-corrected chi connectivity index (χ3v) is 8.60. The van der Waals surface area contributed by atoms with Gasteiger partial charge >= 0.3 is 12.1 Å². The first kappa shape index (κ1) is 22.2. The maximum atomic E-state index is 13.2. The average molecular weight is 455 g/mol. The zero-order valence-corrected chi connectivity index (χ0v) is 19.1. The third-order valence-electron chi connectivity index (χ3n) is 8.60.